The molecule has 4 aromatic rings. The molecule has 2 heterocycles. The van der Waals surface area contributed by atoms with Gasteiger partial charge in [0.25, 0.3) is 5.91 Å². The quantitative estimate of drug-likeness (QED) is 0.251. The molecule has 0 aliphatic heterocycles. The second kappa shape index (κ2) is 10.5. The number of aliphatic imine (C=N–C) groups is 1. The third-order valence-corrected chi connectivity index (χ3v) is 9.02. The van der Waals surface area contributed by atoms with Crippen LogP contribution in [0.3, 0.4) is 0 Å². The number of nitrogens with zero attached hydrogens (tertiary/aromatic N) is 2. The van der Waals surface area contributed by atoms with Gasteiger partial charge >= 0.3 is 0 Å². The first-order valence-corrected chi connectivity index (χ1v) is 14.3. The number of amides is 1. The maximum atomic E-state index is 13.6. The Balaban J connectivity index is 1.52. The minimum atomic E-state index is -0.110. The number of benzene rings is 2. The number of aromatic nitrogens is 1. The van der Waals surface area contributed by atoms with Gasteiger partial charge in [-0.3, -0.25) is 4.79 Å². The number of carbonyl (C=O) groups is 1. The Morgan fingerprint density at radius 2 is 1.82 bits per heavy atom. The highest BCUT2D eigenvalue weighted by Gasteiger charge is 2.33. The van der Waals surface area contributed by atoms with Gasteiger partial charge in [0, 0.05) is 44.4 Å². The predicted octanol–water partition coefficient (Wildman–Crippen LogP) is 8.96. The first kappa shape index (κ1) is 26.5. The average molecular weight is 544 g/mol. The highest BCUT2D eigenvalue weighted by atomic mass is 35.5. The van der Waals surface area contributed by atoms with E-state index >= 15 is 0 Å². The fraction of sp³-hybridized carbons (Fsp3) is 0.312. The Morgan fingerprint density at radius 3 is 2.50 bits per heavy atom. The van der Waals surface area contributed by atoms with E-state index in [1.54, 1.807) is 23.5 Å². The SMILES string of the molecule is Cc1cc(C=Nc2sc3c(c2C(=O)Nc2ccc(Cl)cc2)CC[C@H](C(C)(C)C)C3)c(C)n1-c1ccccc1. The minimum absolute atomic E-state index is 0.110. The van der Waals surface area contributed by atoms with E-state index in [1.807, 2.05) is 24.4 Å². The van der Waals surface area contributed by atoms with Crippen LogP contribution in [-0.2, 0) is 12.8 Å². The number of fused-ring (bicyclic) bond motifs is 1. The van der Waals surface area contributed by atoms with Crippen molar-refractivity contribution in [3.8, 4) is 5.69 Å². The maximum Gasteiger partial charge on any atom is 0.259 e. The molecule has 2 aromatic heterocycles. The molecule has 1 amide bonds. The molecule has 4 nitrogen and oxygen atoms in total. The number of rotatable bonds is 5. The summed E-state index contributed by atoms with van der Waals surface area (Å²) in [4.78, 5) is 19.9. The van der Waals surface area contributed by atoms with Gasteiger partial charge in [0.05, 0.1) is 5.56 Å². The highest BCUT2D eigenvalue weighted by Crippen LogP contribution is 2.45. The molecule has 1 atom stereocenters. The van der Waals surface area contributed by atoms with E-state index in [2.05, 4.69) is 74.8 Å². The molecular weight excluding hydrogens is 510 g/mol. The summed E-state index contributed by atoms with van der Waals surface area (Å²) in [5.74, 6) is 0.475. The lowest BCUT2D eigenvalue weighted by atomic mass is 9.72. The molecule has 0 saturated carbocycles. The van der Waals surface area contributed by atoms with Crippen LogP contribution in [0.5, 0.6) is 0 Å². The Labute approximate surface area is 234 Å². The van der Waals surface area contributed by atoms with E-state index in [4.69, 9.17) is 16.6 Å². The van der Waals surface area contributed by atoms with E-state index in [0.29, 0.717) is 16.5 Å². The molecule has 0 unspecified atom stereocenters. The van der Waals surface area contributed by atoms with Crippen molar-refractivity contribution in [1.82, 2.24) is 4.57 Å². The number of halogens is 1. The first-order valence-electron chi connectivity index (χ1n) is 13.1. The van der Waals surface area contributed by atoms with Gasteiger partial charge in [-0.15, -0.1) is 11.3 Å². The number of hydrogen-bond acceptors (Lipinski definition) is 3. The van der Waals surface area contributed by atoms with Crippen LogP contribution in [0.4, 0.5) is 10.7 Å². The molecule has 1 aliphatic carbocycles. The number of carbonyl (C=O) groups excluding carboxylic acids is 1. The summed E-state index contributed by atoms with van der Waals surface area (Å²) in [6.45, 7) is 11.2. The molecule has 196 valence electrons. The largest absolute Gasteiger partial charge is 0.322 e. The first-order chi connectivity index (χ1) is 18.1. The van der Waals surface area contributed by atoms with Gasteiger partial charge in [-0.1, -0.05) is 50.6 Å². The lowest BCUT2D eigenvalue weighted by Crippen LogP contribution is -2.27. The van der Waals surface area contributed by atoms with Crippen LogP contribution in [0.15, 0.2) is 65.7 Å². The zero-order valence-electron chi connectivity index (χ0n) is 22.6. The molecule has 6 heteroatoms. The molecule has 1 N–H and O–H groups in total. The highest BCUT2D eigenvalue weighted by molar-refractivity contribution is 7.16. The molecule has 0 fully saturated rings. The van der Waals surface area contributed by atoms with Crippen molar-refractivity contribution < 1.29 is 4.79 Å². The minimum Gasteiger partial charge on any atom is -0.322 e. The van der Waals surface area contributed by atoms with Crippen LogP contribution in [0.1, 0.15) is 64.9 Å². The smallest absolute Gasteiger partial charge is 0.259 e. The van der Waals surface area contributed by atoms with Crippen LogP contribution in [0, 0.1) is 25.2 Å². The normalized spacial score (nSPS) is 15.6. The zero-order valence-corrected chi connectivity index (χ0v) is 24.2. The molecule has 1 aliphatic rings. The second-order valence-electron chi connectivity index (χ2n) is 11.2. The number of para-hydroxylation sites is 1. The lowest BCUT2D eigenvalue weighted by Gasteiger charge is -2.33. The van der Waals surface area contributed by atoms with E-state index in [0.717, 1.165) is 58.2 Å². The zero-order chi connectivity index (χ0) is 27.0. The second-order valence-corrected chi connectivity index (χ2v) is 12.7. The fourth-order valence-corrected chi connectivity index (χ4v) is 6.78. The third-order valence-electron chi connectivity index (χ3n) is 7.61. The summed E-state index contributed by atoms with van der Waals surface area (Å²) in [7, 11) is 0. The van der Waals surface area contributed by atoms with Crippen molar-refractivity contribution in [2.75, 3.05) is 5.32 Å². The van der Waals surface area contributed by atoms with Gasteiger partial charge < -0.3 is 9.88 Å². The van der Waals surface area contributed by atoms with E-state index in [9.17, 15) is 4.79 Å². The van der Waals surface area contributed by atoms with Crippen molar-refractivity contribution in [3.05, 3.63) is 98.6 Å². The van der Waals surface area contributed by atoms with Gasteiger partial charge in [-0.2, -0.15) is 0 Å². The van der Waals surface area contributed by atoms with Crippen LogP contribution in [-0.4, -0.2) is 16.7 Å². The standard InChI is InChI=1S/C32H34ClN3OS/c1-20-17-22(21(2)36(20)26-9-7-6-8-10-26)19-34-31-29(30(37)35-25-14-12-24(33)13-15-25)27-16-11-23(32(3,4)5)18-28(27)38-31/h6-10,12-15,17,19,23H,11,16,18H2,1-5H3,(H,35,37)/t23-/m0/s1. The Morgan fingerprint density at radius 1 is 1.11 bits per heavy atom. The number of hydrogen-bond donors (Lipinski definition) is 1. The van der Waals surface area contributed by atoms with E-state index in [1.165, 1.54) is 4.88 Å². The van der Waals surface area contributed by atoms with Crippen molar-refractivity contribution in [2.24, 2.45) is 16.3 Å². The summed E-state index contributed by atoms with van der Waals surface area (Å²) in [6, 6.07) is 19.7. The summed E-state index contributed by atoms with van der Waals surface area (Å²) < 4.78 is 2.24. The van der Waals surface area contributed by atoms with Crippen LogP contribution < -0.4 is 5.32 Å². The average Bonchev–Trinajstić information content (AvgIpc) is 3.39. The number of nitrogens with one attached hydrogen (secondary N) is 1. The van der Waals surface area contributed by atoms with Crippen molar-refractivity contribution in [3.63, 3.8) is 0 Å². The monoisotopic (exact) mass is 543 g/mol. The van der Waals surface area contributed by atoms with Crippen molar-refractivity contribution in [2.45, 2.75) is 53.9 Å². The summed E-state index contributed by atoms with van der Waals surface area (Å²) >= 11 is 7.72. The summed E-state index contributed by atoms with van der Waals surface area (Å²) in [5.41, 5.74) is 7.27. The third kappa shape index (κ3) is 5.36. The van der Waals surface area contributed by atoms with Gasteiger partial charge in [0.1, 0.15) is 5.00 Å². The molecule has 0 saturated heterocycles. The van der Waals surface area contributed by atoms with E-state index < -0.39 is 0 Å². The Hall–Kier alpha value is -3.15. The van der Waals surface area contributed by atoms with Gasteiger partial charge in [-0.05, 0) is 92.5 Å². The van der Waals surface area contributed by atoms with Crippen molar-refractivity contribution in [1.29, 1.82) is 0 Å². The molecule has 0 spiro atoms. The number of aryl methyl sites for hydroxylation is 1. The predicted molar refractivity (Wildman–Crippen MR) is 161 cm³/mol. The number of anilines is 1. The van der Waals surface area contributed by atoms with Crippen LogP contribution in [0.2, 0.25) is 5.02 Å². The van der Waals surface area contributed by atoms with Crippen LogP contribution in [0.25, 0.3) is 5.69 Å². The van der Waals surface area contributed by atoms with Gasteiger partial charge in [0.15, 0.2) is 0 Å². The Bertz CT molecular complexity index is 1490. The van der Waals surface area contributed by atoms with Crippen LogP contribution >= 0.6 is 22.9 Å². The summed E-state index contributed by atoms with van der Waals surface area (Å²) in [5, 5.41) is 4.50. The number of thiophene rings is 1. The lowest BCUT2D eigenvalue weighted by molar-refractivity contribution is 0.102. The molecule has 38 heavy (non-hydrogen) atoms. The molecule has 0 bridgehead atoms. The van der Waals surface area contributed by atoms with E-state index in [-0.39, 0.29) is 11.3 Å². The molecular formula is C32H34ClN3OS. The summed E-state index contributed by atoms with van der Waals surface area (Å²) in [6.07, 6.45) is 4.88. The molecule has 2 aromatic carbocycles. The molecule has 0 radical (unpaired) electrons. The Kier molecular flexibility index (Phi) is 7.34. The topological polar surface area (TPSA) is 46.4 Å². The van der Waals surface area contributed by atoms with Gasteiger partial charge in [0.2, 0.25) is 0 Å². The van der Waals surface area contributed by atoms with Crippen molar-refractivity contribution >= 4 is 45.7 Å². The fourth-order valence-electron chi connectivity index (χ4n) is 5.38. The maximum absolute atomic E-state index is 13.6. The van der Waals surface area contributed by atoms with Gasteiger partial charge in [-0.25, -0.2) is 4.99 Å². The molecule has 5 rings (SSSR count).